The highest BCUT2D eigenvalue weighted by atomic mass is 16.4. The minimum Gasteiger partial charge on any atom is -0.420 e. The Bertz CT molecular complexity index is 1060. The van der Waals surface area contributed by atoms with Crippen LogP contribution in [-0.4, -0.2) is 43.9 Å². The van der Waals surface area contributed by atoms with Gasteiger partial charge in [0.1, 0.15) is 5.69 Å². The molecule has 2 atom stereocenters. The van der Waals surface area contributed by atoms with Crippen LogP contribution >= 0.6 is 0 Å². The van der Waals surface area contributed by atoms with Crippen LogP contribution in [-0.2, 0) is 6.42 Å². The molecule has 4 rings (SSSR count). The van der Waals surface area contributed by atoms with Crippen molar-refractivity contribution >= 4 is 5.91 Å². The number of amides is 1. The highest BCUT2D eigenvalue weighted by Crippen LogP contribution is 2.25. The summed E-state index contributed by atoms with van der Waals surface area (Å²) in [7, 11) is 0. The molecule has 0 unspecified atom stereocenters. The molecular formula is C24H31N5O2. The number of aromatic nitrogens is 4. The van der Waals surface area contributed by atoms with Gasteiger partial charge in [-0.25, -0.2) is 4.68 Å². The molecule has 164 valence electrons. The number of piperidine rings is 1. The molecular weight excluding hydrogens is 390 g/mol. The second-order valence-corrected chi connectivity index (χ2v) is 9.36. The predicted molar refractivity (Wildman–Crippen MR) is 119 cm³/mol. The van der Waals surface area contributed by atoms with Crippen LogP contribution in [0.2, 0.25) is 0 Å². The van der Waals surface area contributed by atoms with Crippen LogP contribution in [0, 0.1) is 24.7 Å². The molecule has 0 bridgehead atoms. The van der Waals surface area contributed by atoms with Crippen molar-refractivity contribution in [1.29, 1.82) is 0 Å². The second-order valence-electron chi connectivity index (χ2n) is 9.36. The number of nitrogens with zero attached hydrogens (tertiary/aromatic N) is 5. The zero-order valence-electron chi connectivity index (χ0n) is 19.0. The van der Waals surface area contributed by atoms with Crippen LogP contribution in [0.15, 0.2) is 34.7 Å². The summed E-state index contributed by atoms with van der Waals surface area (Å²) in [5.74, 6) is 2.51. The van der Waals surface area contributed by atoms with Gasteiger partial charge in [0.2, 0.25) is 5.89 Å². The summed E-state index contributed by atoms with van der Waals surface area (Å²) in [4.78, 5) is 15.2. The summed E-state index contributed by atoms with van der Waals surface area (Å²) in [6, 6.07) is 9.74. The maximum absolute atomic E-state index is 13.2. The molecule has 1 fully saturated rings. The van der Waals surface area contributed by atoms with Crippen LogP contribution in [0.4, 0.5) is 0 Å². The van der Waals surface area contributed by atoms with Gasteiger partial charge in [0.25, 0.3) is 11.8 Å². The molecule has 31 heavy (non-hydrogen) atoms. The Morgan fingerprint density at radius 3 is 2.55 bits per heavy atom. The molecule has 7 nitrogen and oxygen atoms in total. The summed E-state index contributed by atoms with van der Waals surface area (Å²) in [5.41, 5.74) is 3.25. The smallest absolute Gasteiger partial charge is 0.268 e. The first-order valence-electron chi connectivity index (χ1n) is 11.1. The number of benzene rings is 1. The van der Waals surface area contributed by atoms with E-state index in [9.17, 15) is 4.79 Å². The quantitative estimate of drug-likeness (QED) is 0.604. The van der Waals surface area contributed by atoms with Crippen molar-refractivity contribution in [2.45, 2.75) is 47.5 Å². The summed E-state index contributed by atoms with van der Waals surface area (Å²) in [5, 5.41) is 12.8. The van der Waals surface area contributed by atoms with Gasteiger partial charge in [-0.2, -0.15) is 5.10 Å². The van der Waals surface area contributed by atoms with E-state index in [2.05, 4.69) is 37.9 Å². The standard InChI is InChI=1S/C24H31N5O2/c1-15(2)9-21-12-22(23-26-25-18(5)31-23)27-29(21)20-8-6-7-19(11-20)24(30)28-13-16(3)10-17(4)14-28/h6-8,11-12,15-17H,9-10,13-14H2,1-5H3/t16-,17+. The monoisotopic (exact) mass is 421 g/mol. The van der Waals surface area contributed by atoms with Crippen molar-refractivity contribution in [3.05, 3.63) is 47.5 Å². The van der Waals surface area contributed by atoms with Gasteiger partial charge in [0.15, 0.2) is 0 Å². The van der Waals surface area contributed by atoms with Crippen molar-refractivity contribution in [1.82, 2.24) is 24.9 Å². The lowest BCUT2D eigenvalue weighted by molar-refractivity contribution is 0.0623. The number of hydrogen-bond donors (Lipinski definition) is 0. The minimum absolute atomic E-state index is 0.0885. The van der Waals surface area contributed by atoms with E-state index in [-0.39, 0.29) is 5.91 Å². The van der Waals surface area contributed by atoms with Crippen molar-refractivity contribution in [3.63, 3.8) is 0 Å². The van der Waals surface area contributed by atoms with Crippen molar-refractivity contribution < 1.29 is 9.21 Å². The number of carbonyl (C=O) groups is 1. The van der Waals surface area contributed by atoms with Gasteiger partial charge in [-0.15, -0.1) is 10.2 Å². The van der Waals surface area contributed by atoms with Crippen LogP contribution in [0.5, 0.6) is 0 Å². The van der Waals surface area contributed by atoms with Crippen molar-refractivity contribution in [3.8, 4) is 17.3 Å². The fraction of sp³-hybridized carbons (Fsp3) is 0.500. The van der Waals surface area contributed by atoms with E-state index in [4.69, 9.17) is 9.52 Å². The fourth-order valence-electron chi connectivity index (χ4n) is 4.49. The molecule has 2 aromatic heterocycles. The SMILES string of the molecule is Cc1nnc(-c2cc(CC(C)C)n(-c3cccc(C(=O)N4C[C@H](C)C[C@H](C)C4)c3)n2)o1. The first-order valence-corrected chi connectivity index (χ1v) is 11.1. The zero-order chi connectivity index (χ0) is 22.1. The van der Waals surface area contributed by atoms with E-state index in [0.717, 1.165) is 30.9 Å². The topological polar surface area (TPSA) is 77.1 Å². The van der Waals surface area contributed by atoms with Crippen molar-refractivity contribution in [2.24, 2.45) is 17.8 Å². The van der Waals surface area contributed by atoms with Crippen LogP contribution in [0.25, 0.3) is 17.3 Å². The lowest BCUT2D eigenvalue weighted by Gasteiger charge is -2.35. The fourth-order valence-corrected chi connectivity index (χ4v) is 4.49. The van der Waals surface area contributed by atoms with Gasteiger partial charge in [0.05, 0.1) is 5.69 Å². The molecule has 0 spiro atoms. The lowest BCUT2D eigenvalue weighted by Crippen LogP contribution is -2.42. The Balaban J connectivity index is 1.68. The van der Waals surface area contributed by atoms with Gasteiger partial charge in [-0.05, 0) is 54.9 Å². The molecule has 0 N–H and O–H groups in total. The lowest BCUT2D eigenvalue weighted by atomic mass is 9.91. The second kappa shape index (κ2) is 8.65. The molecule has 1 amide bonds. The molecule has 3 aromatic rings. The Kier molecular flexibility index (Phi) is 5.94. The molecule has 0 saturated carbocycles. The normalized spacial score (nSPS) is 19.2. The molecule has 1 aliphatic rings. The molecule has 0 aliphatic carbocycles. The number of carbonyl (C=O) groups excluding carboxylic acids is 1. The van der Waals surface area contributed by atoms with E-state index in [0.29, 0.717) is 40.8 Å². The molecule has 7 heteroatoms. The molecule has 0 radical (unpaired) electrons. The summed E-state index contributed by atoms with van der Waals surface area (Å²) < 4.78 is 7.48. The molecule has 1 saturated heterocycles. The van der Waals surface area contributed by atoms with E-state index in [1.807, 2.05) is 39.9 Å². The average molecular weight is 422 g/mol. The maximum atomic E-state index is 13.2. The average Bonchev–Trinajstić information content (AvgIpc) is 3.32. The van der Waals surface area contributed by atoms with Gasteiger partial charge < -0.3 is 9.32 Å². The van der Waals surface area contributed by atoms with E-state index < -0.39 is 0 Å². The Labute approximate surface area is 183 Å². The Morgan fingerprint density at radius 2 is 1.90 bits per heavy atom. The summed E-state index contributed by atoms with van der Waals surface area (Å²) >= 11 is 0. The third kappa shape index (κ3) is 4.70. The summed E-state index contributed by atoms with van der Waals surface area (Å²) in [6.45, 7) is 12.2. The van der Waals surface area contributed by atoms with Crippen LogP contribution in [0.3, 0.4) is 0 Å². The van der Waals surface area contributed by atoms with E-state index in [1.165, 1.54) is 6.42 Å². The van der Waals surface area contributed by atoms with Gasteiger partial charge in [-0.1, -0.05) is 33.8 Å². The number of aryl methyl sites for hydroxylation is 1. The first-order chi connectivity index (χ1) is 14.8. The first kappa shape index (κ1) is 21.3. The van der Waals surface area contributed by atoms with Gasteiger partial charge >= 0.3 is 0 Å². The highest BCUT2D eigenvalue weighted by molar-refractivity contribution is 5.94. The van der Waals surface area contributed by atoms with Crippen LogP contribution < -0.4 is 0 Å². The molecule has 1 aliphatic heterocycles. The third-order valence-corrected chi connectivity index (χ3v) is 5.64. The van der Waals surface area contributed by atoms with Crippen molar-refractivity contribution in [2.75, 3.05) is 13.1 Å². The number of likely N-dealkylation sites (tertiary alicyclic amines) is 1. The molecule has 1 aromatic carbocycles. The summed E-state index contributed by atoms with van der Waals surface area (Å²) in [6.07, 6.45) is 2.02. The van der Waals surface area contributed by atoms with E-state index >= 15 is 0 Å². The third-order valence-electron chi connectivity index (χ3n) is 5.64. The van der Waals surface area contributed by atoms with E-state index in [1.54, 1.807) is 6.92 Å². The zero-order valence-corrected chi connectivity index (χ0v) is 19.0. The highest BCUT2D eigenvalue weighted by Gasteiger charge is 2.26. The number of rotatable bonds is 5. The van der Waals surface area contributed by atoms with Gasteiger partial charge in [-0.3, -0.25) is 4.79 Å². The van der Waals surface area contributed by atoms with Crippen LogP contribution in [0.1, 0.15) is 56.1 Å². The predicted octanol–water partition coefficient (Wildman–Crippen LogP) is 4.55. The largest absolute Gasteiger partial charge is 0.420 e. The van der Waals surface area contributed by atoms with Gasteiger partial charge in [0, 0.05) is 31.3 Å². The Hall–Kier alpha value is -2.96. The number of hydrogen-bond acceptors (Lipinski definition) is 5. The maximum Gasteiger partial charge on any atom is 0.268 e. The Morgan fingerprint density at radius 1 is 1.16 bits per heavy atom. The minimum atomic E-state index is 0.0885. The molecule has 3 heterocycles.